The third-order valence-corrected chi connectivity index (χ3v) is 9.75. The Balaban J connectivity index is 0.974. The molecule has 3 aliphatic rings. The molecule has 3 amide bonds. The number of likely N-dealkylation sites (tertiary alicyclic amines) is 1. The number of imidazole rings is 1. The molecule has 52 heavy (non-hydrogen) atoms. The van der Waals surface area contributed by atoms with Gasteiger partial charge in [0.05, 0.1) is 34.1 Å². The molecule has 1 aromatic carbocycles. The molecule has 4 aromatic rings. The average molecular weight is 739 g/mol. The van der Waals surface area contributed by atoms with Crippen molar-refractivity contribution in [1.82, 2.24) is 38.8 Å². The molecular weight excluding hydrogens is 705 g/mol. The number of piperidine rings is 1. The fourth-order valence-corrected chi connectivity index (χ4v) is 7.22. The number of alkyl halides is 3. The highest BCUT2D eigenvalue weighted by atomic mass is 35.5. The highest BCUT2D eigenvalue weighted by Gasteiger charge is 2.61. The SMILES string of the molecule is CC(C)(C)OC(=O)N1C[C@@H]2C(C(=O)N3CCN(C(=O)c4ccc(Nc5nccn6c(-c7cn(CC#N)nc7C(F)(F)F)cnc56)cc4Cl)CC3)[C@@H]2C1. The van der Waals surface area contributed by atoms with Gasteiger partial charge < -0.3 is 24.8 Å². The van der Waals surface area contributed by atoms with Crippen LogP contribution in [0.4, 0.5) is 29.5 Å². The second-order valence-electron chi connectivity index (χ2n) is 14.0. The van der Waals surface area contributed by atoms with Crippen molar-refractivity contribution in [2.45, 2.75) is 39.1 Å². The number of nitriles is 1. The van der Waals surface area contributed by atoms with Crippen LogP contribution < -0.4 is 5.32 Å². The molecule has 0 radical (unpaired) electrons. The van der Waals surface area contributed by atoms with Gasteiger partial charge in [0.2, 0.25) is 5.91 Å². The van der Waals surface area contributed by atoms with Crippen molar-refractivity contribution < 1.29 is 32.3 Å². The molecule has 7 rings (SSSR count). The normalized spacial score (nSPS) is 20.1. The number of halogens is 4. The lowest BCUT2D eigenvalue weighted by atomic mass is 10.1. The lowest BCUT2D eigenvalue weighted by molar-refractivity contribution is -0.141. The van der Waals surface area contributed by atoms with Gasteiger partial charge in [0.15, 0.2) is 17.2 Å². The maximum absolute atomic E-state index is 13.8. The van der Waals surface area contributed by atoms with E-state index < -0.39 is 17.5 Å². The summed E-state index contributed by atoms with van der Waals surface area (Å²) in [5.41, 5.74) is -0.918. The summed E-state index contributed by atoms with van der Waals surface area (Å²) >= 11 is 6.58. The summed E-state index contributed by atoms with van der Waals surface area (Å²) < 4.78 is 49.2. The van der Waals surface area contributed by atoms with Crippen LogP contribution in [-0.2, 0) is 22.3 Å². The maximum atomic E-state index is 13.8. The van der Waals surface area contributed by atoms with E-state index in [0.717, 1.165) is 10.9 Å². The Morgan fingerprint density at radius 1 is 1.04 bits per heavy atom. The Morgan fingerprint density at radius 3 is 2.37 bits per heavy atom. The van der Waals surface area contributed by atoms with E-state index in [4.69, 9.17) is 21.6 Å². The standard InChI is InChI=1S/C34H34ClF3N10O4/c1-33(2,3)52-32(51)46-16-21-22(17-46)26(21)31(50)45-12-10-44(11-13-45)30(49)20-5-4-19(14-24(20)35)42-28-29-41-15-25(48(29)9-7-40-28)23-18-47(8-6-39)43-27(23)34(36,37)38/h4-5,7,9,14-15,18,21-22,26H,8,10-13,16-17H2,1-3H3,(H,40,42)/t21-,22+,26?. The van der Waals surface area contributed by atoms with Gasteiger partial charge in [-0.1, -0.05) is 11.6 Å². The molecule has 1 aliphatic carbocycles. The fraction of sp³-hybridized carbons (Fsp3) is 0.441. The number of hydrogen-bond acceptors (Lipinski definition) is 9. The summed E-state index contributed by atoms with van der Waals surface area (Å²) in [5.74, 6) is 0.143. The number of piperazine rings is 1. The second kappa shape index (κ2) is 13.0. The minimum absolute atomic E-state index is 0.0579. The molecule has 1 unspecified atom stereocenters. The molecular formula is C34H34ClF3N10O4. The zero-order chi connectivity index (χ0) is 37.1. The minimum Gasteiger partial charge on any atom is -0.444 e. The summed E-state index contributed by atoms with van der Waals surface area (Å²) in [6.07, 6.45) is 0.154. The van der Waals surface area contributed by atoms with E-state index in [1.54, 1.807) is 39.0 Å². The lowest BCUT2D eigenvalue weighted by Gasteiger charge is -2.35. The molecule has 5 heterocycles. The van der Waals surface area contributed by atoms with Crippen molar-refractivity contribution >= 4 is 46.7 Å². The molecule has 14 nitrogen and oxygen atoms in total. The van der Waals surface area contributed by atoms with Crippen LogP contribution in [0.3, 0.4) is 0 Å². The zero-order valence-corrected chi connectivity index (χ0v) is 29.1. The van der Waals surface area contributed by atoms with Crippen molar-refractivity contribution in [3.63, 3.8) is 0 Å². The number of amides is 3. The van der Waals surface area contributed by atoms with E-state index >= 15 is 0 Å². The maximum Gasteiger partial charge on any atom is 0.435 e. The molecule has 272 valence electrons. The van der Waals surface area contributed by atoms with Gasteiger partial charge in [-0.3, -0.25) is 18.7 Å². The van der Waals surface area contributed by atoms with E-state index in [2.05, 4.69) is 20.4 Å². The van der Waals surface area contributed by atoms with Crippen LogP contribution in [0.2, 0.25) is 5.02 Å². The van der Waals surface area contributed by atoms with Gasteiger partial charge in [0, 0.05) is 69.5 Å². The van der Waals surface area contributed by atoms with Crippen LogP contribution in [0.5, 0.6) is 0 Å². The minimum atomic E-state index is -4.76. The predicted molar refractivity (Wildman–Crippen MR) is 180 cm³/mol. The fourth-order valence-electron chi connectivity index (χ4n) is 6.96. The first-order chi connectivity index (χ1) is 24.6. The largest absolute Gasteiger partial charge is 0.444 e. The number of ether oxygens (including phenoxy) is 1. The van der Waals surface area contributed by atoms with Crippen molar-refractivity contribution in [2.75, 3.05) is 44.6 Å². The molecule has 0 bridgehead atoms. The van der Waals surface area contributed by atoms with Crippen LogP contribution in [0.25, 0.3) is 16.9 Å². The number of hydrogen-bond donors (Lipinski definition) is 1. The van der Waals surface area contributed by atoms with Crippen molar-refractivity contribution in [1.29, 1.82) is 5.26 Å². The molecule has 2 aliphatic heterocycles. The van der Waals surface area contributed by atoms with E-state index in [1.165, 1.54) is 23.0 Å². The van der Waals surface area contributed by atoms with Gasteiger partial charge in [0.25, 0.3) is 5.91 Å². The van der Waals surface area contributed by atoms with Gasteiger partial charge >= 0.3 is 12.3 Å². The number of anilines is 2. The van der Waals surface area contributed by atoms with Crippen molar-refractivity contribution in [2.24, 2.45) is 17.8 Å². The van der Waals surface area contributed by atoms with Crippen LogP contribution in [-0.4, -0.2) is 102 Å². The van der Waals surface area contributed by atoms with Crippen LogP contribution >= 0.6 is 11.6 Å². The van der Waals surface area contributed by atoms with Gasteiger partial charge in [-0.15, -0.1) is 0 Å². The Kier molecular flexibility index (Phi) is 8.76. The number of benzene rings is 1. The number of carbonyl (C=O) groups excluding carboxylic acids is 3. The highest BCUT2D eigenvalue weighted by Crippen LogP contribution is 2.53. The molecule has 3 fully saturated rings. The molecule has 3 atom stereocenters. The number of carbonyl (C=O) groups is 3. The van der Waals surface area contributed by atoms with Crippen molar-refractivity contribution in [3.8, 4) is 17.3 Å². The third-order valence-electron chi connectivity index (χ3n) is 9.44. The summed E-state index contributed by atoms with van der Waals surface area (Å²) in [5, 5.41) is 15.8. The third kappa shape index (κ3) is 6.70. The van der Waals surface area contributed by atoms with E-state index in [-0.39, 0.29) is 75.5 Å². The molecule has 1 N–H and O–H groups in total. The van der Waals surface area contributed by atoms with Gasteiger partial charge in [-0.2, -0.15) is 23.5 Å². The molecule has 18 heteroatoms. The summed E-state index contributed by atoms with van der Waals surface area (Å²) in [6, 6.07) is 6.53. The Morgan fingerprint density at radius 2 is 1.73 bits per heavy atom. The zero-order valence-electron chi connectivity index (χ0n) is 28.4. The number of fused-ring (bicyclic) bond motifs is 2. The lowest BCUT2D eigenvalue weighted by Crippen LogP contribution is -2.51. The number of nitrogens with zero attached hydrogens (tertiary/aromatic N) is 9. The second-order valence-corrected chi connectivity index (χ2v) is 14.4. The first-order valence-corrected chi connectivity index (χ1v) is 17.0. The van der Waals surface area contributed by atoms with Crippen LogP contribution in [0.15, 0.2) is 43.0 Å². The van der Waals surface area contributed by atoms with Gasteiger partial charge in [-0.25, -0.2) is 14.8 Å². The Bertz CT molecular complexity index is 2100. The number of rotatable bonds is 6. The summed E-state index contributed by atoms with van der Waals surface area (Å²) in [6.45, 7) is 7.57. The average Bonchev–Trinajstić information content (AvgIpc) is 3.48. The molecule has 2 saturated heterocycles. The van der Waals surface area contributed by atoms with E-state index in [0.29, 0.717) is 45.0 Å². The van der Waals surface area contributed by atoms with E-state index in [9.17, 15) is 27.6 Å². The monoisotopic (exact) mass is 738 g/mol. The number of aromatic nitrogens is 5. The molecule has 0 spiro atoms. The highest BCUT2D eigenvalue weighted by molar-refractivity contribution is 6.34. The number of nitrogens with one attached hydrogen (secondary N) is 1. The smallest absolute Gasteiger partial charge is 0.435 e. The predicted octanol–water partition coefficient (Wildman–Crippen LogP) is 4.93. The van der Waals surface area contributed by atoms with Crippen LogP contribution in [0, 0.1) is 29.1 Å². The van der Waals surface area contributed by atoms with E-state index in [1.807, 2.05) is 20.8 Å². The van der Waals surface area contributed by atoms with Crippen molar-refractivity contribution in [3.05, 3.63) is 59.3 Å². The summed E-state index contributed by atoms with van der Waals surface area (Å²) in [4.78, 5) is 52.9. The Hall–Kier alpha value is -5.37. The quantitative estimate of drug-likeness (QED) is 0.290. The first-order valence-electron chi connectivity index (χ1n) is 16.6. The molecule has 1 saturated carbocycles. The first kappa shape index (κ1) is 35.1. The molecule has 3 aromatic heterocycles. The topological polar surface area (TPSA) is 154 Å². The van der Waals surface area contributed by atoms with Crippen LogP contribution in [0.1, 0.15) is 36.8 Å². The summed E-state index contributed by atoms with van der Waals surface area (Å²) in [7, 11) is 0. The Labute approximate surface area is 300 Å². The van der Waals surface area contributed by atoms with Gasteiger partial charge in [-0.05, 0) is 50.8 Å². The van der Waals surface area contributed by atoms with Gasteiger partial charge in [0.1, 0.15) is 12.1 Å².